The van der Waals surface area contributed by atoms with Gasteiger partial charge in [0.15, 0.2) is 0 Å². The molecular formula is C24H22FNO2. The van der Waals surface area contributed by atoms with Crippen molar-refractivity contribution in [1.82, 2.24) is 4.57 Å². The summed E-state index contributed by atoms with van der Waals surface area (Å²) in [6, 6.07) is 18.3. The molecule has 1 aromatic heterocycles. The van der Waals surface area contributed by atoms with Gasteiger partial charge in [-0.05, 0) is 41.8 Å². The third-order valence-corrected chi connectivity index (χ3v) is 5.15. The SMILES string of the molecule is CCCCOC(=O)c1ccc(-c2ccc(F)cc2)c2c3ccccc3n(C)c12. The van der Waals surface area contributed by atoms with Crippen LogP contribution in [0.3, 0.4) is 0 Å². The number of halogens is 1. The Hall–Kier alpha value is -3.14. The average Bonchev–Trinajstić information content (AvgIpc) is 3.02. The van der Waals surface area contributed by atoms with Crippen LogP contribution in [0.4, 0.5) is 4.39 Å². The smallest absolute Gasteiger partial charge is 0.340 e. The van der Waals surface area contributed by atoms with E-state index in [4.69, 9.17) is 4.74 Å². The van der Waals surface area contributed by atoms with Gasteiger partial charge in [-0.1, -0.05) is 49.7 Å². The summed E-state index contributed by atoms with van der Waals surface area (Å²) in [4.78, 5) is 12.8. The van der Waals surface area contributed by atoms with Crippen LogP contribution in [0.25, 0.3) is 32.9 Å². The van der Waals surface area contributed by atoms with Gasteiger partial charge in [-0.2, -0.15) is 0 Å². The maximum absolute atomic E-state index is 13.4. The van der Waals surface area contributed by atoms with E-state index in [0.29, 0.717) is 12.2 Å². The summed E-state index contributed by atoms with van der Waals surface area (Å²) in [5.41, 5.74) is 4.31. The first-order chi connectivity index (χ1) is 13.6. The van der Waals surface area contributed by atoms with Crippen LogP contribution in [0.15, 0.2) is 60.7 Å². The van der Waals surface area contributed by atoms with E-state index in [1.807, 2.05) is 41.9 Å². The molecule has 142 valence electrons. The van der Waals surface area contributed by atoms with E-state index >= 15 is 0 Å². The summed E-state index contributed by atoms with van der Waals surface area (Å²) in [7, 11) is 1.96. The van der Waals surface area contributed by atoms with Crippen LogP contribution in [-0.4, -0.2) is 17.1 Å². The lowest BCUT2D eigenvalue weighted by atomic mass is 9.97. The van der Waals surface area contributed by atoms with Crippen molar-refractivity contribution in [1.29, 1.82) is 0 Å². The molecule has 1 heterocycles. The zero-order chi connectivity index (χ0) is 19.7. The summed E-state index contributed by atoms with van der Waals surface area (Å²) in [6.45, 7) is 2.48. The van der Waals surface area contributed by atoms with Crippen molar-refractivity contribution in [2.45, 2.75) is 19.8 Å². The van der Waals surface area contributed by atoms with Gasteiger partial charge in [-0.25, -0.2) is 9.18 Å². The molecule has 0 amide bonds. The molecule has 4 aromatic rings. The first-order valence-corrected chi connectivity index (χ1v) is 9.55. The predicted molar refractivity (Wildman–Crippen MR) is 111 cm³/mol. The van der Waals surface area contributed by atoms with Gasteiger partial charge in [0.25, 0.3) is 0 Å². The van der Waals surface area contributed by atoms with E-state index in [0.717, 1.165) is 45.8 Å². The highest BCUT2D eigenvalue weighted by molar-refractivity contribution is 6.19. The second-order valence-electron chi connectivity index (χ2n) is 6.96. The zero-order valence-corrected chi connectivity index (χ0v) is 16.0. The predicted octanol–water partition coefficient (Wildman–Crippen LogP) is 6.09. The van der Waals surface area contributed by atoms with Crippen LogP contribution in [0.2, 0.25) is 0 Å². The maximum atomic E-state index is 13.4. The molecule has 0 bridgehead atoms. The van der Waals surface area contributed by atoms with Crippen molar-refractivity contribution < 1.29 is 13.9 Å². The van der Waals surface area contributed by atoms with E-state index < -0.39 is 0 Å². The number of ether oxygens (including phenoxy) is 1. The first-order valence-electron chi connectivity index (χ1n) is 9.55. The number of carbonyl (C=O) groups excluding carboxylic acids is 1. The number of fused-ring (bicyclic) bond motifs is 3. The van der Waals surface area contributed by atoms with Gasteiger partial charge in [-0.15, -0.1) is 0 Å². The van der Waals surface area contributed by atoms with Gasteiger partial charge in [0.05, 0.1) is 17.7 Å². The number of nitrogens with zero attached hydrogens (tertiary/aromatic N) is 1. The second-order valence-corrected chi connectivity index (χ2v) is 6.96. The molecule has 28 heavy (non-hydrogen) atoms. The molecule has 0 saturated heterocycles. The number of hydrogen-bond acceptors (Lipinski definition) is 2. The molecule has 0 N–H and O–H groups in total. The molecule has 0 fully saturated rings. The minimum atomic E-state index is -0.310. The molecule has 0 unspecified atom stereocenters. The van der Waals surface area contributed by atoms with Gasteiger partial charge in [-0.3, -0.25) is 0 Å². The maximum Gasteiger partial charge on any atom is 0.340 e. The van der Waals surface area contributed by atoms with Crippen molar-refractivity contribution in [2.75, 3.05) is 6.61 Å². The molecule has 0 radical (unpaired) electrons. The highest BCUT2D eigenvalue weighted by Gasteiger charge is 2.20. The van der Waals surface area contributed by atoms with Crippen LogP contribution in [-0.2, 0) is 11.8 Å². The monoisotopic (exact) mass is 375 g/mol. The molecule has 0 aliphatic heterocycles. The van der Waals surface area contributed by atoms with Crippen LogP contribution < -0.4 is 0 Å². The van der Waals surface area contributed by atoms with E-state index in [1.165, 1.54) is 12.1 Å². The molecular weight excluding hydrogens is 353 g/mol. The van der Waals surface area contributed by atoms with E-state index in [9.17, 15) is 9.18 Å². The lowest BCUT2D eigenvalue weighted by Gasteiger charge is -2.11. The number of hydrogen-bond donors (Lipinski definition) is 0. The Morgan fingerprint density at radius 3 is 2.54 bits per heavy atom. The number of unbranched alkanes of at least 4 members (excludes halogenated alkanes) is 1. The van der Waals surface area contributed by atoms with E-state index in [1.54, 1.807) is 12.1 Å². The van der Waals surface area contributed by atoms with Crippen molar-refractivity contribution in [3.05, 3.63) is 72.0 Å². The summed E-state index contributed by atoms with van der Waals surface area (Å²) < 4.78 is 20.9. The highest BCUT2D eigenvalue weighted by atomic mass is 19.1. The fraction of sp³-hybridized carbons (Fsp3) is 0.208. The summed E-state index contributed by atoms with van der Waals surface area (Å²) >= 11 is 0. The molecule has 4 heteroatoms. The molecule has 0 aliphatic rings. The molecule has 3 aromatic carbocycles. The minimum absolute atomic E-state index is 0.269. The topological polar surface area (TPSA) is 31.2 Å². The second kappa shape index (κ2) is 7.47. The first kappa shape index (κ1) is 18.2. The summed E-state index contributed by atoms with van der Waals surface area (Å²) in [5.74, 6) is -0.580. The Labute approximate surface area is 163 Å². The molecule has 0 atom stereocenters. The Morgan fingerprint density at radius 2 is 1.79 bits per heavy atom. The van der Waals surface area contributed by atoms with Gasteiger partial charge in [0.2, 0.25) is 0 Å². The van der Waals surface area contributed by atoms with Crippen molar-refractivity contribution in [3.8, 4) is 11.1 Å². The Morgan fingerprint density at radius 1 is 1.04 bits per heavy atom. The lowest BCUT2D eigenvalue weighted by molar-refractivity contribution is 0.0501. The molecule has 0 spiro atoms. The Kier molecular flexibility index (Phi) is 4.86. The standard InChI is InChI=1S/C24H22FNO2/c1-3-4-15-28-24(27)20-14-13-18(16-9-11-17(25)12-10-16)22-19-7-5-6-8-21(19)26(2)23(20)22/h5-14H,3-4,15H2,1-2H3. The minimum Gasteiger partial charge on any atom is -0.462 e. The van der Waals surface area contributed by atoms with Gasteiger partial charge < -0.3 is 9.30 Å². The lowest BCUT2D eigenvalue weighted by Crippen LogP contribution is -2.08. The van der Waals surface area contributed by atoms with Crippen LogP contribution in [0.1, 0.15) is 30.1 Å². The molecule has 4 rings (SSSR count). The number of aromatic nitrogens is 1. The van der Waals surface area contributed by atoms with Crippen LogP contribution in [0, 0.1) is 5.82 Å². The normalized spacial score (nSPS) is 11.2. The molecule has 0 saturated carbocycles. The van der Waals surface area contributed by atoms with E-state index in [2.05, 4.69) is 13.0 Å². The Bertz CT molecular complexity index is 1160. The average molecular weight is 375 g/mol. The quantitative estimate of drug-likeness (QED) is 0.312. The summed E-state index contributed by atoms with van der Waals surface area (Å²) in [5, 5.41) is 2.04. The number of benzene rings is 3. The zero-order valence-electron chi connectivity index (χ0n) is 16.0. The van der Waals surface area contributed by atoms with Crippen molar-refractivity contribution in [2.24, 2.45) is 7.05 Å². The third-order valence-electron chi connectivity index (χ3n) is 5.15. The fourth-order valence-corrected chi connectivity index (χ4v) is 3.73. The molecule has 3 nitrogen and oxygen atoms in total. The number of para-hydroxylation sites is 1. The Balaban J connectivity index is 1.98. The fourth-order valence-electron chi connectivity index (χ4n) is 3.73. The number of rotatable bonds is 5. The van der Waals surface area contributed by atoms with Crippen LogP contribution in [0.5, 0.6) is 0 Å². The third kappa shape index (κ3) is 3.05. The number of aryl methyl sites for hydroxylation is 1. The van der Waals surface area contributed by atoms with E-state index in [-0.39, 0.29) is 11.8 Å². The number of carbonyl (C=O) groups is 1. The van der Waals surface area contributed by atoms with Gasteiger partial charge in [0.1, 0.15) is 5.82 Å². The van der Waals surface area contributed by atoms with Crippen LogP contribution >= 0.6 is 0 Å². The van der Waals surface area contributed by atoms with Crippen molar-refractivity contribution in [3.63, 3.8) is 0 Å². The van der Waals surface area contributed by atoms with Gasteiger partial charge >= 0.3 is 5.97 Å². The largest absolute Gasteiger partial charge is 0.462 e. The number of esters is 1. The van der Waals surface area contributed by atoms with Crippen molar-refractivity contribution >= 4 is 27.8 Å². The molecule has 0 aliphatic carbocycles. The summed E-state index contributed by atoms with van der Waals surface area (Å²) in [6.07, 6.45) is 1.82. The van der Waals surface area contributed by atoms with Gasteiger partial charge in [0, 0.05) is 23.3 Å². The highest BCUT2D eigenvalue weighted by Crippen LogP contribution is 2.38.